The average Bonchev–Trinajstić information content (AvgIpc) is 2.61. The van der Waals surface area contributed by atoms with E-state index in [1.54, 1.807) is 0 Å². The van der Waals surface area contributed by atoms with E-state index >= 15 is 0 Å². The van der Waals surface area contributed by atoms with Crippen molar-refractivity contribution in [2.24, 2.45) is 9.98 Å². The Morgan fingerprint density at radius 1 is 0.655 bits per heavy atom. The van der Waals surface area contributed by atoms with Crippen LogP contribution in [0, 0.1) is 27.7 Å². The summed E-state index contributed by atoms with van der Waals surface area (Å²) in [5.41, 5.74) is 5.70. The molecule has 1 heterocycles. The van der Waals surface area contributed by atoms with Gasteiger partial charge < -0.3 is 7.58 Å². The Balaban J connectivity index is 2.18. The second-order valence-corrected chi connectivity index (χ2v) is 9.63. The predicted molar refractivity (Wildman–Crippen MR) is 122 cm³/mol. The first kappa shape index (κ1) is 21.6. The third-order valence-electron chi connectivity index (χ3n) is 5.78. The van der Waals surface area contributed by atoms with E-state index in [0.717, 1.165) is 33.8 Å². The Kier molecular flexibility index (Phi) is 5.94. The maximum Gasteiger partial charge on any atom is 0.881 e. The third kappa shape index (κ3) is 4.57. The summed E-state index contributed by atoms with van der Waals surface area (Å²) in [7, 11) is 0. The van der Waals surface area contributed by atoms with Crippen molar-refractivity contribution >= 4 is 28.3 Å². The molecule has 5 heteroatoms. The van der Waals surface area contributed by atoms with Gasteiger partial charge in [0.1, 0.15) is 0 Å². The molecule has 0 aromatic heterocycles. The van der Waals surface area contributed by atoms with E-state index in [0.29, 0.717) is 0 Å². The van der Waals surface area contributed by atoms with E-state index in [4.69, 9.17) is 17.6 Å². The number of hydrogen-bond acceptors (Lipinski definition) is 4. The zero-order valence-corrected chi connectivity index (χ0v) is 19.9. The summed E-state index contributed by atoms with van der Waals surface area (Å²) in [5, 5.41) is 0. The van der Waals surface area contributed by atoms with Crippen LogP contribution in [-0.4, -0.2) is 39.4 Å². The number of aryl methyl sites for hydroxylation is 4. The van der Waals surface area contributed by atoms with Crippen LogP contribution in [0.2, 0.25) is 0 Å². The second kappa shape index (κ2) is 7.97. The van der Waals surface area contributed by atoms with Crippen LogP contribution in [0.1, 0.15) is 61.1 Å². The van der Waals surface area contributed by atoms with Gasteiger partial charge in [-0.3, -0.25) is 9.98 Å². The Morgan fingerprint density at radius 2 is 1.03 bits per heavy atom. The highest BCUT2D eigenvalue weighted by molar-refractivity contribution is 6.21. The summed E-state index contributed by atoms with van der Waals surface area (Å²) in [6.45, 7) is 16.8. The lowest BCUT2D eigenvalue weighted by Crippen LogP contribution is -2.42. The summed E-state index contributed by atoms with van der Waals surface area (Å²) in [5.74, 6) is 1.68. The lowest BCUT2D eigenvalue weighted by Gasteiger charge is -2.35. The first-order valence-electron chi connectivity index (χ1n) is 9.98. The summed E-state index contributed by atoms with van der Waals surface area (Å²) < 4.78 is 12.3. The molecule has 29 heavy (non-hydrogen) atoms. The summed E-state index contributed by atoms with van der Waals surface area (Å²) in [4.78, 5) is 9.87. The van der Waals surface area contributed by atoms with Crippen LogP contribution in [-0.2, 0) is 0 Å². The number of fused-ring (bicyclic) bond motifs is 2. The fraction of sp³-hybridized carbons (Fsp3) is 0.417. The molecule has 0 amide bonds. The molecule has 1 aliphatic heterocycles. The van der Waals surface area contributed by atoms with E-state index in [2.05, 4.69) is 79.7 Å². The molecule has 0 aliphatic carbocycles. The van der Waals surface area contributed by atoms with Gasteiger partial charge in [-0.05, 0) is 89.8 Å². The zero-order valence-electron chi connectivity index (χ0n) is 18.8. The van der Waals surface area contributed by atoms with Crippen molar-refractivity contribution in [3.63, 3.8) is 0 Å². The Hall–Kier alpha value is -2.09. The van der Waals surface area contributed by atoms with Crippen molar-refractivity contribution < 1.29 is 7.58 Å². The van der Waals surface area contributed by atoms with Gasteiger partial charge in [0.05, 0.1) is 22.6 Å². The average molecular weight is 405 g/mol. The number of nitrogens with zero attached hydrogens (tertiary/aromatic N) is 2. The van der Waals surface area contributed by atoms with Crippen molar-refractivity contribution in [2.45, 2.75) is 66.5 Å². The van der Waals surface area contributed by atoms with Crippen LogP contribution in [0.25, 0.3) is 0 Å². The highest BCUT2D eigenvalue weighted by Gasteiger charge is 2.36. The molecule has 2 aromatic rings. The minimum atomic E-state index is -0.722. The summed E-state index contributed by atoms with van der Waals surface area (Å²) >= 11 is -0.722. The minimum Gasteiger partial charge on any atom is -0.615 e. The van der Waals surface area contributed by atoms with E-state index in [9.17, 15) is 0 Å². The van der Waals surface area contributed by atoms with Gasteiger partial charge in [0, 0.05) is 23.6 Å². The maximum atomic E-state index is 6.17. The first-order chi connectivity index (χ1) is 13.5. The summed E-state index contributed by atoms with van der Waals surface area (Å²) in [6.07, 6.45) is 3.85. The van der Waals surface area contributed by atoms with Crippen molar-refractivity contribution in [3.05, 3.63) is 57.6 Å². The van der Waals surface area contributed by atoms with Crippen molar-refractivity contribution in [3.8, 4) is 11.5 Å². The molecule has 4 nitrogen and oxygen atoms in total. The SMILES string of the molecule is Cc1cc(C)c2c(c1)C=NC(C)(C)C(C)(C)N=Cc1cc(C)cc(C)c1[O][Al][O]2. The molecular formula is C24H30AlN2O2. The fourth-order valence-electron chi connectivity index (χ4n) is 3.39. The molecule has 1 radical (unpaired) electrons. The molecule has 0 N–H and O–H groups in total. The molecule has 151 valence electrons. The van der Waals surface area contributed by atoms with E-state index in [-0.39, 0.29) is 0 Å². The Morgan fingerprint density at radius 3 is 1.41 bits per heavy atom. The number of rotatable bonds is 0. The normalized spacial score (nSPS) is 17.4. The van der Waals surface area contributed by atoms with Gasteiger partial charge in [0.2, 0.25) is 0 Å². The molecular weight excluding hydrogens is 375 g/mol. The summed E-state index contributed by atoms with van der Waals surface area (Å²) in [6, 6.07) is 8.48. The topological polar surface area (TPSA) is 43.2 Å². The fourth-order valence-corrected chi connectivity index (χ4v) is 4.27. The largest absolute Gasteiger partial charge is 0.881 e. The van der Waals surface area contributed by atoms with Crippen LogP contribution in [0.5, 0.6) is 11.5 Å². The lowest BCUT2D eigenvalue weighted by molar-refractivity contribution is 0.317. The number of hydrogen-bond donors (Lipinski definition) is 0. The standard InChI is InChI=1S/C24H32N2O2.Al/c1-15-9-17(3)21(27)19(11-15)13-25-23(5,6)24(7,8)26-14-20-12-16(2)10-18(4)22(20)28;/h9-14,27-28H,1-8H3;/q;+2/p-2. The van der Waals surface area contributed by atoms with Gasteiger partial charge in [-0.1, -0.05) is 12.1 Å². The van der Waals surface area contributed by atoms with Crippen LogP contribution >= 0.6 is 0 Å². The molecule has 0 saturated heterocycles. The molecule has 0 atom stereocenters. The molecule has 3 rings (SSSR count). The van der Waals surface area contributed by atoms with Gasteiger partial charge in [-0.15, -0.1) is 0 Å². The van der Waals surface area contributed by atoms with E-state index in [1.165, 1.54) is 11.1 Å². The Bertz CT molecular complexity index is 911. The Labute approximate surface area is 181 Å². The molecule has 0 spiro atoms. The molecule has 1 aliphatic rings. The lowest BCUT2D eigenvalue weighted by atomic mass is 9.83. The van der Waals surface area contributed by atoms with Crippen LogP contribution in [0.15, 0.2) is 34.3 Å². The van der Waals surface area contributed by atoms with Crippen LogP contribution < -0.4 is 7.58 Å². The smallest absolute Gasteiger partial charge is 0.615 e. The van der Waals surface area contributed by atoms with Gasteiger partial charge in [0.15, 0.2) is 0 Å². The monoisotopic (exact) mass is 405 g/mol. The zero-order chi connectivity index (χ0) is 21.4. The molecule has 2 aromatic carbocycles. The van der Waals surface area contributed by atoms with Gasteiger partial charge in [0.25, 0.3) is 0 Å². The first-order valence-corrected chi connectivity index (χ1v) is 10.9. The molecule has 0 bridgehead atoms. The minimum absolute atomic E-state index is 0.404. The van der Waals surface area contributed by atoms with E-state index in [1.807, 2.05) is 12.4 Å². The van der Waals surface area contributed by atoms with Gasteiger partial charge >= 0.3 is 15.9 Å². The predicted octanol–water partition coefficient (Wildman–Crippen LogP) is 5.32. The number of aliphatic imine (C=N–C) groups is 2. The van der Waals surface area contributed by atoms with Crippen molar-refractivity contribution in [1.29, 1.82) is 0 Å². The maximum absolute atomic E-state index is 6.17. The molecule has 0 unspecified atom stereocenters. The third-order valence-corrected chi connectivity index (χ3v) is 6.44. The van der Waals surface area contributed by atoms with E-state index < -0.39 is 27.0 Å². The number of benzene rings is 2. The quantitative estimate of drug-likeness (QED) is 0.557. The van der Waals surface area contributed by atoms with Crippen molar-refractivity contribution in [1.82, 2.24) is 0 Å². The molecule has 0 saturated carbocycles. The highest BCUT2D eigenvalue weighted by Crippen LogP contribution is 2.32. The van der Waals surface area contributed by atoms with Crippen LogP contribution in [0.3, 0.4) is 0 Å². The van der Waals surface area contributed by atoms with Crippen LogP contribution in [0.4, 0.5) is 0 Å². The van der Waals surface area contributed by atoms with Gasteiger partial charge in [-0.2, -0.15) is 0 Å². The van der Waals surface area contributed by atoms with Gasteiger partial charge in [-0.25, -0.2) is 0 Å². The second-order valence-electron chi connectivity index (χ2n) is 8.97. The molecule has 0 fully saturated rings. The highest BCUT2D eigenvalue weighted by atomic mass is 27.2. The van der Waals surface area contributed by atoms with Crippen molar-refractivity contribution in [2.75, 3.05) is 0 Å².